The molecular weight excluding hydrogens is 448 g/mol. The molecule has 3 unspecified atom stereocenters. The topological polar surface area (TPSA) is 80.3 Å². The van der Waals surface area contributed by atoms with Crippen LogP contribution in [0.25, 0.3) is 0 Å². The van der Waals surface area contributed by atoms with Crippen molar-refractivity contribution >= 4 is 11.8 Å². The number of esters is 1. The molecular formula is C28H32O7. The minimum atomic E-state index is -0.449. The first-order valence-electron chi connectivity index (χ1n) is 11.8. The fourth-order valence-corrected chi connectivity index (χ4v) is 4.45. The van der Waals surface area contributed by atoms with Crippen LogP contribution < -0.4 is 14.2 Å². The number of fused-ring (bicyclic) bond motifs is 1. The number of carbonyl (C=O) groups is 2. The van der Waals surface area contributed by atoms with Crippen molar-refractivity contribution in [2.45, 2.75) is 57.7 Å². The first-order valence-corrected chi connectivity index (χ1v) is 11.8. The molecule has 35 heavy (non-hydrogen) atoms. The molecule has 3 atom stereocenters. The monoisotopic (exact) mass is 480 g/mol. The van der Waals surface area contributed by atoms with Gasteiger partial charge in [0.25, 0.3) is 0 Å². The zero-order valence-corrected chi connectivity index (χ0v) is 20.8. The van der Waals surface area contributed by atoms with Crippen molar-refractivity contribution in [3.8, 4) is 17.2 Å². The summed E-state index contributed by atoms with van der Waals surface area (Å²) in [5.41, 5.74) is 1.60. The highest BCUT2D eigenvalue weighted by Gasteiger charge is 2.42. The Bertz CT molecular complexity index is 1110. The van der Waals surface area contributed by atoms with Crippen LogP contribution in [0.4, 0.5) is 0 Å². The van der Waals surface area contributed by atoms with Gasteiger partial charge in [0, 0.05) is 6.42 Å². The molecule has 0 radical (unpaired) electrons. The van der Waals surface area contributed by atoms with E-state index in [1.165, 1.54) is 26.0 Å². The Morgan fingerprint density at radius 3 is 2.34 bits per heavy atom. The summed E-state index contributed by atoms with van der Waals surface area (Å²) in [6.45, 7) is 6.43. The third-order valence-corrected chi connectivity index (χ3v) is 6.51. The highest BCUT2D eigenvalue weighted by atomic mass is 16.6. The molecule has 7 heteroatoms. The molecule has 0 saturated heterocycles. The molecule has 1 heterocycles. The van der Waals surface area contributed by atoms with Crippen molar-refractivity contribution < 1.29 is 33.3 Å². The first-order chi connectivity index (χ1) is 16.7. The average molecular weight is 481 g/mol. The Labute approximate surface area is 206 Å². The molecule has 2 aromatic carbocycles. The summed E-state index contributed by atoms with van der Waals surface area (Å²) in [7, 11) is 3.05. The fraction of sp³-hybridized carbons (Fsp3) is 0.429. The number of ether oxygens (including phenoxy) is 5. The molecule has 0 N–H and O–H groups in total. The van der Waals surface area contributed by atoms with Gasteiger partial charge in [-0.1, -0.05) is 32.9 Å². The molecule has 1 saturated carbocycles. The van der Waals surface area contributed by atoms with Gasteiger partial charge in [0.1, 0.15) is 24.2 Å². The smallest absolute Gasteiger partial charge is 0.338 e. The quantitative estimate of drug-likeness (QED) is 0.525. The molecule has 186 valence electrons. The zero-order chi connectivity index (χ0) is 25.2. The van der Waals surface area contributed by atoms with Crippen LogP contribution in [0.2, 0.25) is 0 Å². The van der Waals surface area contributed by atoms with Crippen LogP contribution in [0.3, 0.4) is 0 Å². The molecule has 1 fully saturated rings. The fourth-order valence-electron chi connectivity index (χ4n) is 4.45. The predicted octanol–water partition coefficient (Wildman–Crippen LogP) is 5.22. The number of Topliss-reactive ketones (excluding diaryl/α,β-unsaturated/α-hetero) is 1. The minimum absolute atomic E-state index is 0.0380. The SMILES string of the molecule is COc1ccc(C(=O)OC2CCC3C(=O)C(Oc4ccc(C(C)(C)C)cc4)=COC3C2)cc1OC. The average Bonchev–Trinajstić information content (AvgIpc) is 2.85. The molecule has 7 nitrogen and oxygen atoms in total. The van der Waals surface area contributed by atoms with Crippen molar-refractivity contribution in [2.24, 2.45) is 5.92 Å². The standard InChI is InChI=1S/C28H32O7/c1-28(2,3)18-7-9-19(10-8-18)34-25-16-33-23-15-20(11-12-21(23)26(25)29)35-27(30)17-6-13-22(31-4)24(14-17)32-5/h6-10,13-14,16,20-21,23H,11-12,15H2,1-5H3. The molecule has 0 spiro atoms. The van der Waals surface area contributed by atoms with Gasteiger partial charge in [-0.05, 0) is 54.2 Å². The summed E-state index contributed by atoms with van der Waals surface area (Å²) in [5, 5.41) is 0. The van der Waals surface area contributed by atoms with Gasteiger partial charge in [-0.15, -0.1) is 0 Å². The number of carbonyl (C=O) groups excluding carboxylic acids is 2. The molecule has 2 aromatic rings. The van der Waals surface area contributed by atoms with Gasteiger partial charge in [0.2, 0.25) is 11.5 Å². The number of ketones is 1. The van der Waals surface area contributed by atoms with E-state index in [0.29, 0.717) is 42.1 Å². The summed E-state index contributed by atoms with van der Waals surface area (Å²) in [4.78, 5) is 25.8. The van der Waals surface area contributed by atoms with E-state index in [4.69, 9.17) is 23.7 Å². The first kappa shape index (κ1) is 24.6. The predicted molar refractivity (Wildman–Crippen MR) is 130 cm³/mol. The molecule has 0 bridgehead atoms. The van der Waals surface area contributed by atoms with Crippen molar-refractivity contribution in [3.05, 3.63) is 65.6 Å². The van der Waals surface area contributed by atoms with Gasteiger partial charge in [-0.25, -0.2) is 4.79 Å². The lowest BCUT2D eigenvalue weighted by Gasteiger charge is -2.36. The van der Waals surface area contributed by atoms with Crippen LogP contribution in [0.15, 0.2) is 54.5 Å². The maximum absolute atomic E-state index is 13.1. The Morgan fingerprint density at radius 2 is 1.69 bits per heavy atom. The highest BCUT2D eigenvalue weighted by Crippen LogP contribution is 2.36. The Morgan fingerprint density at radius 1 is 0.971 bits per heavy atom. The lowest BCUT2D eigenvalue weighted by molar-refractivity contribution is -0.132. The minimum Gasteiger partial charge on any atom is -0.493 e. The van der Waals surface area contributed by atoms with E-state index >= 15 is 0 Å². The van der Waals surface area contributed by atoms with Crippen LogP contribution in [0.1, 0.15) is 56.0 Å². The number of hydrogen-bond donors (Lipinski definition) is 0. The van der Waals surface area contributed by atoms with Gasteiger partial charge in [0.15, 0.2) is 11.5 Å². The molecule has 1 aliphatic carbocycles. The van der Waals surface area contributed by atoms with Gasteiger partial charge in [-0.3, -0.25) is 4.79 Å². The maximum atomic E-state index is 13.1. The number of methoxy groups -OCH3 is 2. The van der Waals surface area contributed by atoms with Gasteiger partial charge in [0.05, 0.1) is 25.7 Å². The molecule has 2 aliphatic rings. The molecule has 4 rings (SSSR count). The summed E-state index contributed by atoms with van der Waals surface area (Å²) in [6, 6.07) is 12.6. The van der Waals surface area contributed by atoms with E-state index in [2.05, 4.69) is 20.8 Å². The van der Waals surface area contributed by atoms with Crippen LogP contribution in [0, 0.1) is 5.92 Å². The molecule has 0 amide bonds. The van der Waals surface area contributed by atoms with Crippen LogP contribution in [-0.4, -0.2) is 38.2 Å². The number of benzene rings is 2. The second kappa shape index (κ2) is 10.0. The molecule has 0 aromatic heterocycles. The van der Waals surface area contributed by atoms with E-state index in [-0.39, 0.29) is 35.1 Å². The van der Waals surface area contributed by atoms with Crippen molar-refractivity contribution in [1.82, 2.24) is 0 Å². The Hall–Kier alpha value is -3.48. The highest BCUT2D eigenvalue weighted by molar-refractivity contribution is 5.96. The molecule has 1 aliphatic heterocycles. The lowest BCUT2D eigenvalue weighted by Crippen LogP contribution is -2.43. The Kier molecular flexibility index (Phi) is 7.05. The van der Waals surface area contributed by atoms with E-state index in [1.807, 2.05) is 24.3 Å². The summed E-state index contributed by atoms with van der Waals surface area (Å²) in [6.07, 6.45) is 2.26. The number of rotatable bonds is 6. The lowest BCUT2D eigenvalue weighted by atomic mass is 9.80. The third-order valence-electron chi connectivity index (χ3n) is 6.51. The number of allylic oxidation sites excluding steroid dienone is 1. The van der Waals surface area contributed by atoms with Crippen molar-refractivity contribution in [3.63, 3.8) is 0 Å². The Balaban J connectivity index is 1.37. The van der Waals surface area contributed by atoms with E-state index in [0.717, 1.165) is 0 Å². The zero-order valence-electron chi connectivity index (χ0n) is 20.8. The second-order valence-corrected chi connectivity index (χ2v) is 9.91. The number of hydrogen-bond acceptors (Lipinski definition) is 7. The summed E-state index contributed by atoms with van der Waals surface area (Å²) in [5.74, 6) is 0.944. The summed E-state index contributed by atoms with van der Waals surface area (Å²) < 4.78 is 27.9. The third kappa shape index (κ3) is 5.45. The van der Waals surface area contributed by atoms with E-state index in [1.54, 1.807) is 18.2 Å². The normalized spacial score (nSPS) is 21.8. The van der Waals surface area contributed by atoms with E-state index in [9.17, 15) is 9.59 Å². The van der Waals surface area contributed by atoms with Crippen LogP contribution in [-0.2, 0) is 19.7 Å². The summed E-state index contributed by atoms with van der Waals surface area (Å²) >= 11 is 0. The van der Waals surface area contributed by atoms with Crippen LogP contribution in [0.5, 0.6) is 17.2 Å². The van der Waals surface area contributed by atoms with Gasteiger partial charge < -0.3 is 23.7 Å². The van der Waals surface area contributed by atoms with Crippen molar-refractivity contribution in [2.75, 3.05) is 14.2 Å². The van der Waals surface area contributed by atoms with Crippen LogP contribution >= 0.6 is 0 Å². The second-order valence-electron chi connectivity index (χ2n) is 9.91. The van der Waals surface area contributed by atoms with Gasteiger partial charge in [-0.2, -0.15) is 0 Å². The van der Waals surface area contributed by atoms with Gasteiger partial charge >= 0.3 is 5.97 Å². The van der Waals surface area contributed by atoms with E-state index < -0.39 is 5.97 Å². The van der Waals surface area contributed by atoms with Crippen molar-refractivity contribution in [1.29, 1.82) is 0 Å². The largest absolute Gasteiger partial charge is 0.493 e. The maximum Gasteiger partial charge on any atom is 0.338 e.